The van der Waals surface area contributed by atoms with Gasteiger partial charge in [-0.05, 0) is 19.4 Å². The number of aryl methyl sites for hydroxylation is 1. The first kappa shape index (κ1) is 16.6. The molecular formula is C17H19F2N3O2. The number of halogens is 2. The summed E-state index contributed by atoms with van der Waals surface area (Å²) in [5.74, 6) is -1.95. The maximum absolute atomic E-state index is 13.8. The summed E-state index contributed by atoms with van der Waals surface area (Å²) in [6.45, 7) is 1.96. The number of carbonyl (C=O) groups is 1. The van der Waals surface area contributed by atoms with Gasteiger partial charge in [0, 0.05) is 42.4 Å². The topological polar surface area (TPSA) is 67.2 Å². The van der Waals surface area contributed by atoms with Crippen LogP contribution in [0.3, 0.4) is 0 Å². The first-order valence-electron chi connectivity index (χ1n) is 7.81. The molecule has 2 atom stereocenters. The van der Waals surface area contributed by atoms with E-state index >= 15 is 0 Å². The molecule has 1 aliphatic heterocycles. The molecule has 0 saturated carbocycles. The molecule has 0 bridgehead atoms. The Bertz CT molecular complexity index is 758. The van der Waals surface area contributed by atoms with Crippen LogP contribution in [0.25, 0.3) is 0 Å². The fraction of sp³-hybridized carbons (Fsp3) is 0.412. The number of imidazole rings is 1. The molecule has 1 aromatic heterocycles. The van der Waals surface area contributed by atoms with Gasteiger partial charge in [0.15, 0.2) is 0 Å². The molecule has 2 unspecified atom stereocenters. The van der Waals surface area contributed by atoms with E-state index in [2.05, 4.69) is 10.3 Å². The lowest BCUT2D eigenvalue weighted by Gasteiger charge is -2.27. The van der Waals surface area contributed by atoms with Crippen LogP contribution in [0, 0.1) is 17.6 Å². The maximum Gasteiger partial charge on any atom is 0.223 e. The zero-order valence-corrected chi connectivity index (χ0v) is 13.3. The van der Waals surface area contributed by atoms with Gasteiger partial charge in [-0.1, -0.05) is 6.07 Å². The summed E-state index contributed by atoms with van der Waals surface area (Å²) in [7, 11) is 0. The van der Waals surface area contributed by atoms with E-state index < -0.39 is 17.2 Å². The maximum atomic E-state index is 13.8. The summed E-state index contributed by atoms with van der Waals surface area (Å²) in [5, 5.41) is 13.1. The van der Waals surface area contributed by atoms with E-state index in [0.717, 1.165) is 18.3 Å². The van der Waals surface area contributed by atoms with E-state index in [4.69, 9.17) is 0 Å². The predicted octanol–water partition coefficient (Wildman–Crippen LogP) is 1.75. The molecule has 2 N–H and O–H groups in total. The third-order valence-corrected chi connectivity index (χ3v) is 4.46. The van der Waals surface area contributed by atoms with Gasteiger partial charge in [0.2, 0.25) is 5.91 Å². The zero-order chi connectivity index (χ0) is 17.3. The molecule has 128 valence electrons. The van der Waals surface area contributed by atoms with Crippen LogP contribution in [0.15, 0.2) is 30.7 Å². The molecule has 2 aromatic rings. The van der Waals surface area contributed by atoms with Crippen LogP contribution in [0.5, 0.6) is 0 Å². The van der Waals surface area contributed by atoms with Gasteiger partial charge in [-0.2, -0.15) is 0 Å². The van der Waals surface area contributed by atoms with E-state index in [9.17, 15) is 18.7 Å². The number of nitrogens with zero attached hydrogens (tertiary/aromatic N) is 2. The highest BCUT2D eigenvalue weighted by molar-refractivity contribution is 5.79. The minimum atomic E-state index is -1.62. The molecule has 24 heavy (non-hydrogen) atoms. The minimum Gasteiger partial charge on any atom is -0.383 e. The van der Waals surface area contributed by atoms with E-state index in [1.807, 2.05) is 4.57 Å². The number of fused-ring (bicyclic) bond motifs is 1. The summed E-state index contributed by atoms with van der Waals surface area (Å²) >= 11 is 0. The van der Waals surface area contributed by atoms with Crippen molar-refractivity contribution in [3.63, 3.8) is 0 Å². The molecule has 0 spiro atoms. The van der Waals surface area contributed by atoms with Crippen molar-refractivity contribution in [2.75, 3.05) is 6.54 Å². The molecular weight excluding hydrogens is 316 g/mol. The van der Waals surface area contributed by atoms with Crippen molar-refractivity contribution in [2.24, 2.45) is 5.92 Å². The van der Waals surface area contributed by atoms with Crippen LogP contribution in [0.4, 0.5) is 8.78 Å². The van der Waals surface area contributed by atoms with Gasteiger partial charge >= 0.3 is 0 Å². The monoisotopic (exact) mass is 335 g/mol. The lowest BCUT2D eigenvalue weighted by molar-refractivity contribution is -0.126. The summed E-state index contributed by atoms with van der Waals surface area (Å²) in [4.78, 5) is 16.4. The number of nitrogens with one attached hydrogen (secondary N) is 1. The number of carbonyl (C=O) groups excluding carboxylic acids is 1. The Kier molecular flexibility index (Phi) is 4.36. The Morgan fingerprint density at radius 1 is 1.50 bits per heavy atom. The van der Waals surface area contributed by atoms with Crippen LogP contribution in [0.1, 0.15) is 24.6 Å². The number of hydrogen-bond acceptors (Lipinski definition) is 3. The average molecular weight is 335 g/mol. The fourth-order valence-electron chi connectivity index (χ4n) is 3.02. The van der Waals surface area contributed by atoms with Crippen molar-refractivity contribution in [3.05, 3.63) is 53.6 Å². The van der Waals surface area contributed by atoms with Crippen molar-refractivity contribution in [1.29, 1.82) is 0 Å². The summed E-state index contributed by atoms with van der Waals surface area (Å²) < 4.78 is 28.8. The second-order valence-electron chi connectivity index (χ2n) is 6.38. The van der Waals surface area contributed by atoms with Gasteiger partial charge in [0.25, 0.3) is 0 Å². The van der Waals surface area contributed by atoms with Crippen molar-refractivity contribution in [2.45, 2.75) is 31.9 Å². The Hall–Kier alpha value is -2.28. The number of aliphatic hydroxyl groups is 1. The number of amides is 1. The van der Waals surface area contributed by atoms with E-state index in [1.165, 1.54) is 13.0 Å². The molecule has 0 radical (unpaired) electrons. The average Bonchev–Trinajstić information content (AvgIpc) is 2.99. The molecule has 0 fully saturated rings. The first-order valence-corrected chi connectivity index (χ1v) is 7.81. The lowest BCUT2D eigenvalue weighted by atomic mass is 9.93. The molecule has 1 amide bonds. The zero-order valence-electron chi connectivity index (χ0n) is 13.3. The molecule has 0 saturated heterocycles. The van der Waals surface area contributed by atoms with Crippen LogP contribution >= 0.6 is 0 Å². The Morgan fingerprint density at radius 3 is 3.04 bits per heavy atom. The SMILES string of the molecule is CC(O)(CNC(=O)C1CCn2cncc2C1)c1ccc(F)cc1F. The van der Waals surface area contributed by atoms with Crippen LogP contribution in [-0.4, -0.2) is 27.1 Å². The highest BCUT2D eigenvalue weighted by Crippen LogP contribution is 2.24. The highest BCUT2D eigenvalue weighted by atomic mass is 19.1. The number of rotatable bonds is 4. The number of aromatic nitrogens is 2. The Balaban J connectivity index is 1.63. The molecule has 0 aliphatic carbocycles. The number of benzene rings is 1. The van der Waals surface area contributed by atoms with Gasteiger partial charge in [-0.15, -0.1) is 0 Å². The molecule has 2 heterocycles. The summed E-state index contributed by atoms with van der Waals surface area (Å²) in [5.41, 5.74) is -0.673. The summed E-state index contributed by atoms with van der Waals surface area (Å²) in [6, 6.07) is 2.99. The predicted molar refractivity (Wildman–Crippen MR) is 83.0 cm³/mol. The number of hydrogen-bond donors (Lipinski definition) is 2. The van der Waals surface area contributed by atoms with Crippen molar-refractivity contribution >= 4 is 5.91 Å². The third kappa shape index (κ3) is 3.31. The highest BCUT2D eigenvalue weighted by Gasteiger charge is 2.30. The molecule has 5 nitrogen and oxygen atoms in total. The van der Waals surface area contributed by atoms with Crippen LogP contribution in [-0.2, 0) is 23.4 Å². The third-order valence-electron chi connectivity index (χ3n) is 4.46. The lowest BCUT2D eigenvalue weighted by Crippen LogP contribution is -2.43. The van der Waals surface area contributed by atoms with E-state index in [0.29, 0.717) is 18.9 Å². The second-order valence-corrected chi connectivity index (χ2v) is 6.38. The minimum absolute atomic E-state index is 0.0501. The van der Waals surface area contributed by atoms with Crippen molar-refractivity contribution in [1.82, 2.24) is 14.9 Å². The second kappa shape index (κ2) is 6.32. The largest absolute Gasteiger partial charge is 0.383 e. The Labute approximate surface area is 138 Å². The van der Waals surface area contributed by atoms with Crippen LogP contribution < -0.4 is 5.32 Å². The fourth-order valence-corrected chi connectivity index (χ4v) is 3.02. The van der Waals surface area contributed by atoms with E-state index in [-0.39, 0.29) is 23.9 Å². The summed E-state index contributed by atoms with van der Waals surface area (Å²) in [6.07, 6.45) is 4.75. The van der Waals surface area contributed by atoms with Gasteiger partial charge in [0.1, 0.15) is 17.2 Å². The van der Waals surface area contributed by atoms with Crippen LogP contribution in [0.2, 0.25) is 0 Å². The van der Waals surface area contributed by atoms with Crippen molar-refractivity contribution in [3.8, 4) is 0 Å². The normalized spacial score (nSPS) is 19.4. The molecule has 1 aliphatic rings. The van der Waals surface area contributed by atoms with Gasteiger partial charge in [-0.3, -0.25) is 4.79 Å². The Morgan fingerprint density at radius 2 is 2.29 bits per heavy atom. The first-order chi connectivity index (χ1) is 11.4. The van der Waals surface area contributed by atoms with Gasteiger partial charge < -0.3 is 15.0 Å². The quantitative estimate of drug-likeness (QED) is 0.894. The van der Waals surface area contributed by atoms with Crippen molar-refractivity contribution < 1.29 is 18.7 Å². The van der Waals surface area contributed by atoms with Gasteiger partial charge in [0.05, 0.1) is 12.9 Å². The standard InChI is InChI=1S/C17H19F2N3O2/c1-17(24,14-3-2-12(18)7-15(14)19)9-21-16(23)11-4-5-22-10-20-8-13(22)6-11/h2-3,7-8,10-11,24H,4-6,9H2,1H3,(H,21,23). The van der Waals surface area contributed by atoms with E-state index in [1.54, 1.807) is 12.5 Å². The molecule has 7 heteroatoms. The molecule has 3 rings (SSSR count). The van der Waals surface area contributed by atoms with Gasteiger partial charge in [-0.25, -0.2) is 13.8 Å². The molecule has 1 aromatic carbocycles. The smallest absolute Gasteiger partial charge is 0.223 e.